The monoisotopic (exact) mass is 247 g/mol. The van der Waals surface area contributed by atoms with Gasteiger partial charge in [-0.3, -0.25) is 0 Å². The topological polar surface area (TPSA) is 51.8 Å². The van der Waals surface area contributed by atoms with E-state index >= 15 is 0 Å². The molecule has 0 aliphatic carbocycles. The molecule has 3 nitrogen and oxygen atoms in total. The van der Waals surface area contributed by atoms with E-state index in [1.54, 1.807) is 11.3 Å². The van der Waals surface area contributed by atoms with Crippen LogP contribution in [0.5, 0.6) is 0 Å². The number of hydrogen-bond acceptors (Lipinski definition) is 4. The van der Waals surface area contributed by atoms with Crippen LogP contribution in [0.4, 0.5) is 5.82 Å². The van der Waals surface area contributed by atoms with Crippen LogP contribution in [-0.4, -0.2) is 9.97 Å². The van der Waals surface area contributed by atoms with Gasteiger partial charge in [-0.2, -0.15) is 0 Å². The van der Waals surface area contributed by atoms with E-state index in [1.807, 2.05) is 6.92 Å². The summed E-state index contributed by atoms with van der Waals surface area (Å²) in [7, 11) is 0. The highest BCUT2D eigenvalue weighted by Crippen LogP contribution is 2.30. The third kappa shape index (κ3) is 2.31. The lowest BCUT2D eigenvalue weighted by molar-refractivity contribution is 0.836. The number of anilines is 1. The maximum atomic E-state index is 5.96. The highest BCUT2D eigenvalue weighted by molar-refractivity contribution is 7.10. The van der Waals surface area contributed by atoms with Gasteiger partial charge in [0.1, 0.15) is 11.6 Å². The van der Waals surface area contributed by atoms with Gasteiger partial charge in [0.15, 0.2) is 0 Å². The van der Waals surface area contributed by atoms with Crippen molar-refractivity contribution in [1.29, 1.82) is 0 Å². The van der Waals surface area contributed by atoms with Crippen molar-refractivity contribution in [2.75, 3.05) is 5.73 Å². The molecule has 17 heavy (non-hydrogen) atoms. The fraction of sp³-hybridized carbons (Fsp3) is 0.385. The van der Waals surface area contributed by atoms with Crippen molar-refractivity contribution in [3.05, 3.63) is 27.7 Å². The molecular formula is C13H17N3S. The molecule has 2 heterocycles. The first-order valence-electron chi connectivity index (χ1n) is 5.81. The van der Waals surface area contributed by atoms with Gasteiger partial charge in [0.25, 0.3) is 0 Å². The molecule has 2 aromatic heterocycles. The number of thiophene rings is 1. The molecule has 0 saturated carbocycles. The van der Waals surface area contributed by atoms with Crippen LogP contribution in [0.15, 0.2) is 11.4 Å². The van der Waals surface area contributed by atoms with E-state index in [0.717, 1.165) is 29.9 Å². The highest BCUT2D eigenvalue weighted by atomic mass is 32.1. The zero-order chi connectivity index (χ0) is 12.4. The van der Waals surface area contributed by atoms with Gasteiger partial charge in [0.05, 0.1) is 5.69 Å². The third-order valence-electron chi connectivity index (χ3n) is 2.82. The summed E-state index contributed by atoms with van der Waals surface area (Å²) in [4.78, 5) is 10.2. The lowest BCUT2D eigenvalue weighted by Gasteiger charge is -2.09. The summed E-state index contributed by atoms with van der Waals surface area (Å²) in [5.41, 5.74) is 9.10. The molecule has 0 aliphatic heterocycles. The molecule has 0 aromatic carbocycles. The normalized spacial score (nSPS) is 10.8. The number of nitrogens with two attached hydrogens (primary N) is 1. The number of aromatic nitrogens is 2. The summed E-state index contributed by atoms with van der Waals surface area (Å²) in [6, 6.07) is 2.10. The van der Waals surface area contributed by atoms with Crippen LogP contribution in [0.3, 0.4) is 0 Å². The van der Waals surface area contributed by atoms with Crippen molar-refractivity contribution in [2.45, 2.75) is 33.6 Å². The molecule has 0 radical (unpaired) electrons. The number of aryl methyl sites for hydroxylation is 2. The fourth-order valence-corrected chi connectivity index (χ4v) is 2.51. The number of nitrogens with zero attached hydrogens (tertiary/aromatic N) is 2. The summed E-state index contributed by atoms with van der Waals surface area (Å²) in [6.07, 6.45) is 1.91. The van der Waals surface area contributed by atoms with Gasteiger partial charge >= 0.3 is 0 Å². The van der Waals surface area contributed by atoms with E-state index in [2.05, 4.69) is 35.3 Å². The number of rotatable bonds is 3. The minimum atomic E-state index is 0.601. The Morgan fingerprint density at radius 3 is 2.65 bits per heavy atom. The Morgan fingerprint density at radius 2 is 2.06 bits per heavy atom. The first-order valence-corrected chi connectivity index (χ1v) is 6.69. The van der Waals surface area contributed by atoms with E-state index in [1.165, 1.54) is 10.4 Å². The average molecular weight is 247 g/mol. The Balaban J connectivity index is 2.56. The van der Waals surface area contributed by atoms with E-state index < -0.39 is 0 Å². The summed E-state index contributed by atoms with van der Waals surface area (Å²) in [6.45, 7) is 6.21. The van der Waals surface area contributed by atoms with Gasteiger partial charge in [0, 0.05) is 22.4 Å². The molecule has 90 valence electrons. The Kier molecular flexibility index (Phi) is 3.43. The molecule has 0 bridgehead atoms. The molecule has 2 aromatic rings. The van der Waals surface area contributed by atoms with Gasteiger partial charge in [-0.25, -0.2) is 9.97 Å². The van der Waals surface area contributed by atoms with E-state index in [-0.39, 0.29) is 0 Å². The zero-order valence-electron chi connectivity index (χ0n) is 10.4. The van der Waals surface area contributed by atoms with Crippen molar-refractivity contribution in [3.8, 4) is 11.3 Å². The molecule has 2 rings (SSSR count). The predicted molar refractivity (Wildman–Crippen MR) is 73.2 cm³/mol. The number of hydrogen-bond donors (Lipinski definition) is 1. The minimum absolute atomic E-state index is 0.601. The highest BCUT2D eigenvalue weighted by Gasteiger charge is 2.12. The summed E-state index contributed by atoms with van der Waals surface area (Å²) in [5.74, 6) is 1.44. The van der Waals surface area contributed by atoms with Crippen LogP contribution in [-0.2, 0) is 6.42 Å². The molecule has 0 aliphatic rings. The van der Waals surface area contributed by atoms with Crippen LogP contribution in [0.25, 0.3) is 11.3 Å². The van der Waals surface area contributed by atoms with E-state index in [4.69, 9.17) is 5.73 Å². The van der Waals surface area contributed by atoms with Gasteiger partial charge in [-0.15, -0.1) is 11.3 Å². The standard InChI is InChI=1S/C13H17N3S/c1-4-5-11-15-12(8(2)13(14)16-11)10-6-7-17-9(10)3/h6-7H,4-5H2,1-3H3,(H2,14,15,16). The van der Waals surface area contributed by atoms with Crippen molar-refractivity contribution in [1.82, 2.24) is 9.97 Å². The molecule has 0 atom stereocenters. The van der Waals surface area contributed by atoms with Crippen LogP contribution >= 0.6 is 11.3 Å². The average Bonchev–Trinajstić information content (AvgIpc) is 2.70. The smallest absolute Gasteiger partial charge is 0.131 e. The molecule has 4 heteroatoms. The zero-order valence-corrected chi connectivity index (χ0v) is 11.3. The molecule has 0 amide bonds. The predicted octanol–water partition coefficient (Wildman–Crippen LogP) is 3.36. The molecule has 0 unspecified atom stereocenters. The van der Waals surface area contributed by atoms with Crippen molar-refractivity contribution < 1.29 is 0 Å². The van der Waals surface area contributed by atoms with Crippen LogP contribution in [0.1, 0.15) is 29.6 Å². The van der Waals surface area contributed by atoms with Crippen molar-refractivity contribution in [3.63, 3.8) is 0 Å². The first-order chi connectivity index (χ1) is 8.13. The molecule has 0 spiro atoms. The van der Waals surface area contributed by atoms with Crippen molar-refractivity contribution in [2.24, 2.45) is 0 Å². The third-order valence-corrected chi connectivity index (χ3v) is 3.66. The Labute approximate surface area is 106 Å². The van der Waals surface area contributed by atoms with Crippen LogP contribution in [0.2, 0.25) is 0 Å². The van der Waals surface area contributed by atoms with E-state index in [0.29, 0.717) is 5.82 Å². The van der Waals surface area contributed by atoms with Gasteiger partial charge in [-0.05, 0) is 31.7 Å². The molecule has 0 saturated heterocycles. The van der Waals surface area contributed by atoms with E-state index in [9.17, 15) is 0 Å². The summed E-state index contributed by atoms with van der Waals surface area (Å²) >= 11 is 1.73. The second-order valence-corrected chi connectivity index (χ2v) is 5.26. The fourth-order valence-electron chi connectivity index (χ4n) is 1.81. The SMILES string of the molecule is CCCc1nc(N)c(C)c(-c2ccsc2C)n1. The number of nitrogen functional groups attached to an aromatic ring is 1. The lowest BCUT2D eigenvalue weighted by Crippen LogP contribution is -2.04. The Morgan fingerprint density at radius 1 is 1.29 bits per heavy atom. The molecular weight excluding hydrogens is 230 g/mol. The van der Waals surface area contributed by atoms with Crippen LogP contribution in [0, 0.1) is 13.8 Å². The van der Waals surface area contributed by atoms with Gasteiger partial charge < -0.3 is 5.73 Å². The first kappa shape index (κ1) is 12.0. The second-order valence-electron chi connectivity index (χ2n) is 4.14. The summed E-state index contributed by atoms with van der Waals surface area (Å²) < 4.78 is 0. The molecule has 2 N–H and O–H groups in total. The van der Waals surface area contributed by atoms with Crippen LogP contribution < -0.4 is 5.73 Å². The minimum Gasteiger partial charge on any atom is -0.383 e. The summed E-state index contributed by atoms with van der Waals surface area (Å²) in [5, 5.41) is 2.09. The lowest BCUT2D eigenvalue weighted by atomic mass is 10.1. The Hall–Kier alpha value is -1.42. The van der Waals surface area contributed by atoms with Crippen molar-refractivity contribution >= 4 is 17.2 Å². The Bertz CT molecular complexity index is 531. The maximum absolute atomic E-state index is 5.96. The largest absolute Gasteiger partial charge is 0.383 e. The maximum Gasteiger partial charge on any atom is 0.131 e. The van der Waals surface area contributed by atoms with Gasteiger partial charge in [-0.1, -0.05) is 6.92 Å². The quantitative estimate of drug-likeness (QED) is 0.904. The van der Waals surface area contributed by atoms with Gasteiger partial charge in [0.2, 0.25) is 0 Å². The second kappa shape index (κ2) is 4.84. The molecule has 0 fully saturated rings.